The lowest BCUT2D eigenvalue weighted by Gasteiger charge is -2.24. The molecule has 5 heteroatoms. The van der Waals surface area contributed by atoms with Gasteiger partial charge in [-0.25, -0.2) is 0 Å². The Morgan fingerprint density at radius 2 is 1.72 bits per heavy atom. The van der Waals surface area contributed by atoms with Crippen LogP contribution in [0.15, 0.2) is 0 Å². The lowest BCUT2D eigenvalue weighted by Crippen LogP contribution is -2.35. The minimum atomic E-state index is -0.239. The predicted molar refractivity (Wildman–Crippen MR) is 99.8 cm³/mol. The molecule has 1 rings (SSSR count). The molecule has 25 heavy (non-hydrogen) atoms. The van der Waals surface area contributed by atoms with Gasteiger partial charge >= 0.3 is 0 Å². The summed E-state index contributed by atoms with van der Waals surface area (Å²) in [7, 11) is 0. The first-order valence-electron chi connectivity index (χ1n) is 9.53. The summed E-state index contributed by atoms with van der Waals surface area (Å²) in [4.78, 5) is 37.6. The van der Waals surface area contributed by atoms with Crippen LogP contribution in [0.2, 0.25) is 0 Å². The molecule has 1 saturated heterocycles. The zero-order valence-corrected chi connectivity index (χ0v) is 16.9. The quantitative estimate of drug-likeness (QED) is 0.537. The number of rotatable bonds is 8. The molecule has 1 unspecified atom stereocenters. The van der Waals surface area contributed by atoms with Crippen molar-refractivity contribution in [3.63, 3.8) is 0 Å². The van der Waals surface area contributed by atoms with Crippen LogP contribution < -0.4 is 5.32 Å². The molecular formula is C20H36N2O3. The van der Waals surface area contributed by atoms with E-state index in [1.54, 1.807) is 0 Å². The monoisotopic (exact) mass is 352 g/mol. The van der Waals surface area contributed by atoms with Crippen LogP contribution in [0.25, 0.3) is 0 Å². The first-order valence-corrected chi connectivity index (χ1v) is 9.53. The molecule has 144 valence electrons. The summed E-state index contributed by atoms with van der Waals surface area (Å²) in [5.41, 5.74) is 0.135. The van der Waals surface area contributed by atoms with Gasteiger partial charge in [0.05, 0.1) is 5.92 Å². The van der Waals surface area contributed by atoms with Crippen molar-refractivity contribution in [1.82, 2.24) is 10.2 Å². The van der Waals surface area contributed by atoms with Crippen molar-refractivity contribution < 1.29 is 14.4 Å². The second-order valence-electron chi connectivity index (χ2n) is 9.48. The predicted octanol–water partition coefficient (Wildman–Crippen LogP) is 3.52. The average molecular weight is 353 g/mol. The van der Waals surface area contributed by atoms with Crippen molar-refractivity contribution in [2.45, 2.75) is 80.1 Å². The molecule has 1 N–H and O–H groups in total. The maximum absolute atomic E-state index is 12.4. The molecule has 0 saturated carbocycles. The molecule has 0 radical (unpaired) electrons. The number of hydrogen-bond acceptors (Lipinski definition) is 3. The maximum Gasteiger partial charge on any atom is 0.233 e. The second-order valence-corrected chi connectivity index (χ2v) is 9.48. The fraction of sp³-hybridized carbons (Fsp3) is 0.850. The fourth-order valence-corrected chi connectivity index (χ4v) is 3.09. The van der Waals surface area contributed by atoms with Crippen LogP contribution in [0.4, 0.5) is 0 Å². The van der Waals surface area contributed by atoms with E-state index >= 15 is 0 Å². The Bertz CT molecular complexity index is 486. The first kappa shape index (κ1) is 21.7. The third kappa shape index (κ3) is 7.57. The largest absolute Gasteiger partial charge is 0.356 e. The number of likely N-dealkylation sites (tertiary alicyclic amines) is 1. The van der Waals surface area contributed by atoms with E-state index in [0.29, 0.717) is 37.8 Å². The van der Waals surface area contributed by atoms with Gasteiger partial charge in [0.1, 0.15) is 0 Å². The average Bonchev–Trinajstić information content (AvgIpc) is 2.73. The van der Waals surface area contributed by atoms with Gasteiger partial charge in [-0.15, -0.1) is 0 Å². The van der Waals surface area contributed by atoms with E-state index in [1.165, 1.54) is 4.90 Å². The smallest absolute Gasteiger partial charge is 0.233 e. The van der Waals surface area contributed by atoms with E-state index in [1.807, 2.05) is 20.8 Å². The zero-order chi connectivity index (χ0) is 19.3. The van der Waals surface area contributed by atoms with Crippen LogP contribution >= 0.6 is 0 Å². The second kappa shape index (κ2) is 8.81. The van der Waals surface area contributed by atoms with Crippen molar-refractivity contribution in [1.29, 1.82) is 0 Å². The molecule has 1 atom stereocenters. The molecule has 1 heterocycles. The Labute approximate surface area is 152 Å². The summed E-state index contributed by atoms with van der Waals surface area (Å²) < 4.78 is 0. The summed E-state index contributed by atoms with van der Waals surface area (Å²) in [6, 6.07) is 0. The van der Waals surface area contributed by atoms with Crippen LogP contribution in [0.5, 0.6) is 0 Å². The third-order valence-corrected chi connectivity index (χ3v) is 4.75. The Morgan fingerprint density at radius 3 is 2.24 bits per heavy atom. The van der Waals surface area contributed by atoms with E-state index in [4.69, 9.17) is 0 Å². The Balaban J connectivity index is 2.23. The molecule has 0 spiro atoms. The summed E-state index contributed by atoms with van der Waals surface area (Å²) in [5, 5.41) is 2.92. The van der Waals surface area contributed by atoms with Gasteiger partial charge in [-0.05, 0) is 30.1 Å². The van der Waals surface area contributed by atoms with Gasteiger partial charge < -0.3 is 5.32 Å². The standard InChI is InChI=1S/C20H36N2O3/c1-19(2,3)11-7-8-12-21-16(23)10-9-13-22-17(24)14-15(18(22)25)20(4,5)6/h15H,7-14H2,1-6H3,(H,21,23). The normalized spacial score (nSPS) is 18.8. The molecule has 3 amide bonds. The van der Waals surface area contributed by atoms with Crippen LogP contribution in [0, 0.1) is 16.7 Å². The van der Waals surface area contributed by atoms with Crippen LogP contribution in [0.3, 0.4) is 0 Å². The number of carbonyl (C=O) groups is 3. The summed E-state index contributed by atoms with van der Waals surface area (Å²) in [5.74, 6) is -0.425. The molecule has 5 nitrogen and oxygen atoms in total. The molecule has 0 aliphatic carbocycles. The lowest BCUT2D eigenvalue weighted by atomic mass is 9.80. The van der Waals surface area contributed by atoms with Crippen molar-refractivity contribution in [2.24, 2.45) is 16.7 Å². The van der Waals surface area contributed by atoms with Gasteiger partial charge in [0.2, 0.25) is 17.7 Å². The first-order chi connectivity index (χ1) is 11.4. The fourth-order valence-electron chi connectivity index (χ4n) is 3.09. The molecule has 1 aliphatic rings. The number of unbranched alkanes of at least 4 members (excludes halogenated alkanes) is 1. The SMILES string of the molecule is CC(C)(C)CCCCNC(=O)CCCN1C(=O)CC(C(C)(C)C)C1=O. The van der Waals surface area contributed by atoms with Gasteiger partial charge in [0.25, 0.3) is 0 Å². The van der Waals surface area contributed by atoms with Gasteiger partial charge in [-0.2, -0.15) is 0 Å². The highest BCUT2D eigenvalue weighted by molar-refractivity contribution is 6.03. The molecule has 0 bridgehead atoms. The van der Waals surface area contributed by atoms with Crippen molar-refractivity contribution in [3.05, 3.63) is 0 Å². The Hall–Kier alpha value is -1.39. The van der Waals surface area contributed by atoms with Gasteiger partial charge in [0.15, 0.2) is 0 Å². The van der Waals surface area contributed by atoms with Crippen molar-refractivity contribution in [2.75, 3.05) is 13.1 Å². The summed E-state index contributed by atoms with van der Waals surface area (Å²) >= 11 is 0. The van der Waals surface area contributed by atoms with Crippen LogP contribution in [-0.2, 0) is 14.4 Å². The number of nitrogens with one attached hydrogen (secondary N) is 1. The maximum atomic E-state index is 12.4. The minimum Gasteiger partial charge on any atom is -0.356 e. The third-order valence-electron chi connectivity index (χ3n) is 4.75. The van der Waals surface area contributed by atoms with E-state index in [-0.39, 0.29) is 29.1 Å². The number of imide groups is 1. The highest BCUT2D eigenvalue weighted by Gasteiger charge is 2.44. The Morgan fingerprint density at radius 1 is 1.08 bits per heavy atom. The summed E-state index contributed by atoms with van der Waals surface area (Å²) in [6.45, 7) is 13.7. The van der Waals surface area contributed by atoms with E-state index in [2.05, 4.69) is 26.1 Å². The number of carbonyl (C=O) groups excluding carboxylic acids is 3. The summed E-state index contributed by atoms with van der Waals surface area (Å²) in [6.07, 6.45) is 4.42. The van der Waals surface area contributed by atoms with Gasteiger partial charge in [0, 0.05) is 25.9 Å². The molecule has 0 aromatic heterocycles. The van der Waals surface area contributed by atoms with E-state index in [0.717, 1.165) is 19.3 Å². The lowest BCUT2D eigenvalue weighted by molar-refractivity contribution is -0.140. The van der Waals surface area contributed by atoms with Crippen LogP contribution in [0.1, 0.15) is 80.1 Å². The van der Waals surface area contributed by atoms with Gasteiger partial charge in [-0.1, -0.05) is 48.0 Å². The molecule has 1 aliphatic heterocycles. The van der Waals surface area contributed by atoms with Gasteiger partial charge in [-0.3, -0.25) is 19.3 Å². The Kier molecular flexibility index (Phi) is 7.63. The highest BCUT2D eigenvalue weighted by Crippen LogP contribution is 2.35. The molecule has 0 aromatic rings. The van der Waals surface area contributed by atoms with Crippen LogP contribution in [-0.4, -0.2) is 35.7 Å². The number of hydrogen-bond donors (Lipinski definition) is 1. The van der Waals surface area contributed by atoms with Crippen molar-refractivity contribution in [3.8, 4) is 0 Å². The van der Waals surface area contributed by atoms with Crippen molar-refractivity contribution >= 4 is 17.7 Å². The highest BCUT2D eigenvalue weighted by atomic mass is 16.2. The number of amides is 3. The minimum absolute atomic E-state index is 0.00206. The molecule has 0 aromatic carbocycles. The van der Waals surface area contributed by atoms with E-state index < -0.39 is 0 Å². The van der Waals surface area contributed by atoms with E-state index in [9.17, 15) is 14.4 Å². The molecular weight excluding hydrogens is 316 g/mol. The number of nitrogens with zero attached hydrogens (tertiary/aromatic N) is 1. The molecule has 1 fully saturated rings. The zero-order valence-electron chi connectivity index (χ0n) is 16.9. The topological polar surface area (TPSA) is 66.5 Å².